The Morgan fingerprint density at radius 1 is 1.35 bits per heavy atom. The number of hydrogen-bond donors (Lipinski definition) is 1. The lowest BCUT2D eigenvalue weighted by Gasteiger charge is -2.22. The van der Waals surface area contributed by atoms with E-state index < -0.39 is 10.2 Å². The Hall–Kier alpha value is -0.820. The summed E-state index contributed by atoms with van der Waals surface area (Å²) in [6, 6.07) is 7.66. The number of benzene rings is 1. The number of halogens is 1. The quantitative estimate of drug-likeness (QED) is 0.878. The van der Waals surface area contributed by atoms with E-state index in [1.54, 1.807) is 0 Å². The number of nitrogens with one attached hydrogen (secondary N) is 1. The van der Waals surface area contributed by atoms with Crippen LogP contribution in [0.3, 0.4) is 0 Å². The van der Waals surface area contributed by atoms with E-state index in [0.29, 0.717) is 16.6 Å². The van der Waals surface area contributed by atoms with Gasteiger partial charge in [-0.3, -0.25) is 0 Å². The van der Waals surface area contributed by atoms with Crippen molar-refractivity contribution >= 4 is 48.2 Å². The Balaban J connectivity index is 2.53. The predicted octanol–water partition coefficient (Wildman–Crippen LogP) is 3.63. The Morgan fingerprint density at radius 2 is 2.05 bits per heavy atom. The van der Waals surface area contributed by atoms with Gasteiger partial charge in [-0.15, -0.1) is 11.3 Å². The van der Waals surface area contributed by atoms with Gasteiger partial charge in [0.15, 0.2) is 0 Å². The van der Waals surface area contributed by atoms with Crippen LogP contribution in [-0.2, 0) is 10.2 Å². The van der Waals surface area contributed by atoms with Gasteiger partial charge in [0.1, 0.15) is 5.00 Å². The summed E-state index contributed by atoms with van der Waals surface area (Å²) in [4.78, 5) is 0. The Bertz CT molecular complexity index is 697. The molecule has 1 aromatic heterocycles. The molecule has 0 radical (unpaired) electrons. The summed E-state index contributed by atoms with van der Waals surface area (Å²) in [6.45, 7) is 2.45. The van der Waals surface area contributed by atoms with Crippen LogP contribution in [0.4, 0.5) is 5.00 Å². The number of thiophene rings is 1. The van der Waals surface area contributed by atoms with Crippen molar-refractivity contribution in [3.8, 4) is 0 Å². The van der Waals surface area contributed by atoms with Crippen LogP contribution in [0.1, 0.15) is 19.8 Å². The number of anilines is 1. The second-order valence-electron chi connectivity index (χ2n) is 4.35. The standard InChI is InChI=1S/C13H17ClN2O2S2/c1-3-4-9-16(20(17,18)15-2)13-12(14)10-7-5-6-8-11(10)19-13/h5-8,15H,3-4,9H2,1-2H3. The molecule has 1 heterocycles. The van der Waals surface area contributed by atoms with E-state index in [2.05, 4.69) is 4.72 Å². The van der Waals surface area contributed by atoms with Crippen LogP contribution in [0, 0.1) is 0 Å². The predicted molar refractivity (Wildman–Crippen MR) is 87.1 cm³/mol. The number of fused-ring (bicyclic) bond motifs is 1. The zero-order valence-electron chi connectivity index (χ0n) is 11.4. The zero-order chi connectivity index (χ0) is 14.8. The van der Waals surface area contributed by atoms with E-state index in [9.17, 15) is 8.42 Å². The van der Waals surface area contributed by atoms with Gasteiger partial charge >= 0.3 is 10.2 Å². The lowest BCUT2D eigenvalue weighted by molar-refractivity contribution is 0.581. The molecule has 110 valence electrons. The van der Waals surface area contributed by atoms with E-state index in [1.807, 2.05) is 31.2 Å². The zero-order valence-corrected chi connectivity index (χ0v) is 13.8. The van der Waals surface area contributed by atoms with Crippen molar-refractivity contribution in [3.05, 3.63) is 29.3 Å². The van der Waals surface area contributed by atoms with E-state index >= 15 is 0 Å². The molecule has 1 aromatic carbocycles. The maximum Gasteiger partial charge on any atom is 0.301 e. The Labute approximate surface area is 128 Å². The highest BCUT2D eigenvalue weighted by Gasteiger charge is 2.25. The first-order valence-electron chi connectivity index (χ1n) is 6.39. The van der Waals surface area contributed by atoms with Crippen LogP contribution < -0.4 is 9.03 Å². The SMILES string of the molecule is CCCCN(c1sc2ccccc2c1Cl)S(=O)(=O)NC. The molecule has 7 heteroatoms. The molecule has 20 heavy (non-hydrogen) atoms. The summed E-state index contributed by atoms with van der Waals surface area (Å²) in [7, 11) is -2.13. The summed E-state index contributed by atoms with van der Waals surface area (Å²) in [5.74, 6) is 0. The Kier molecular flexibility index (Phi) is 4.90. The van der Waals surface area contributed by atoms with Gasteiger partial charge in [-0.05, 0) is 12.5 Å². The minimum atomic E-state index is -3.55. The van der Waals surface area contributed by atoms with E-state index in [4.69, 9.17) is 11.6 Å². The van der Waals surface area contributed by atoms with Gasteiger partial charge in [-0.2, -0.15) is 8.42 Å². The van der Waals surface area contributed by atoms with Gasteiger partial charge in [-0.1, -0.05) is 43.1 Å². The number of rotatable bonds is 6. The van der Waals surface area contributed by atoms with Gasteiger partial charge < -0.3 is 0 Å². The molecule has 2 aromatic rings. The fraction of sp³-hybridized carbons (Fsp3) is 0.385. The minimum Gasteiger partial charge on any atom is -0.247 e. The van der Waals surface area contributed by atoms with Crippen molar-refractivity contribution in [2.75, 3.05) is 17.9 Å². The molecule has 1 N–H and O–H groups in total. The highest BCUT2D eigenvalue weighted by atomic mass is 35.5. The molecule has 0 unspecified atom stereocenters. The summed E-state index contributed by atoms with van der Waals surface area (Å²) in [5, 5.41) is 1.97. The first-order chi connectivity index (χ1) is 9.51. The molecule has 0 aliphatic carbocycles. The van der Waals surface area contributed by atoms with Crippen LogP contribution in [0.2, 0.25) is 5.02 Å². The van der Waals surface area contributed by atoms with Gasteiger partial charge in [0, 0.05) is 23.7 Å². The van der Waals surface area contributed by atoms with E-state index in [-0.39, 0.29) is 0 Å². The lowest BCUT2D eigenvalue weighted by Crippen LogP contribution is -2.39. The third-order valence-electron chi connectivity index (χ3n) is 3.01. The van der Waals surface area contributed by atoms with Gasteiger partial charge in [0.2, 0.25) is 0 Å². The molecule has 2 rings (SSSR count). The van der Waals surface area contributed by atoms with Crippen LogP contribution in [0.15, 0.2) is 24.3 Å². The summed E-state index contributed by atoms with van der Waals surface area (Å²) < 4.78 is 29.1. The third-order valence-corrected chi connectivity index (χ3v) is 6.27. The average molecular weight is 333 g/mol. The highest BCUT2D eigenvalue weighted by Crippen LogP contribution is 2.42. The monoisotopic (exact) mass is 332 g/mol. The fourth-order valence-corrected chi connectivity index (χ4v) is 4.73. The van der Waals surface area contributed by atoms with Crippen LogP contribution in [-0.4, -0.2) is 22.0 Å². The summed E-state index contributed by atoms with van der Waals surface area (Å²) in [6.07, 6.45) is 1.70. The molecule has 4 nitrogen and oxygen atoms in total. The molecule has 0 amide bonds. The lowest BCUT2D eigenvalue weighted by atomic mass is 10.2. The second-order valence-corrected chi connectivity index (χ2v) is 7.56. The van der Waals surface area contributed by atoms with Crippen molar-refractivity contribution in [2.45, 2.75) is 19.8 Å². The molecular formula is C13H17ClN2O2S2. The normalized spacial score (nSPS) is 11.9. The fourth-order valence-electron chi connectivity index (χ4n) is 1.90. The van der Waals surface area contributed by atoms with Crippen molar-refractivity contribution in [2.24, 2.45) is 0 Å². The van der Waals surface area contributed by atoms with Crippen LogP contribution in [0.5, 0.6) is 0 Å². The molecular weight excluding hydrogens is 316 g/mol. The van der Waals surface area contributed by atoms with Gasteiger partial charge in [-0.25, -0.2) is 9.03 Å². The smallest absolute Gasteiger partial charge is 0.247 e. The van der Waals surface area contributed by atoms with Crippen molar-refractivity contribution in [1.29, 1.82) is 0 Å². The van der Waals surface area contributed by atoms with Crippen molar-refractivity contribution in [3.63, 3.8) is 0 Å². The molecule has 0 aliphatic heterocycles. The van der Waals surface area contributed by atoms with E-state index in [0.717, 1.165) is 22.9 Å². The van der Waals surface area contributed by atoms with Gasteiger partial charge in [0.25, 0.3) is 0 Å². The molecule has 0 atom stereocenters. The average Bonchev–Trinajstić information content (AvgIpc) is 2.77. The maximum absolute atomic E-state index is 12.2. The van der Waals surface area contributed by atoms with Crippen molar-refractivity contribution < 1.29 is 8.42 Å². The number of unbranched alkanes of at least 4 members (excludes halogenated alkanes) is 1. The molecule has 0 saturated heterocycles. The molecule has 0 saturated carbocycles. The largest absolute Gasteiger partial charge is 0.301 e. The second kappa shape index (κ2) is 6.30. The molecule has 0 spiro atoms. The minimum absolute atomic E-state index is 0.423. The third kappa shape index (κ3) is 2.93. The van der Waals surface area contributed by atoms with Crippen LogP contribution in [0.25, 0.3) is 10.1 Å². The van der Waals surface area contributed by atoms with Crippen molar-refractivity contribution in [1.82, 2.24) is 4.72 Å². The molecule has 0 bridgehead atoms. The molecule has 0 aliphatic rings. The maximum atomic E-state index is 12.2. The Morgan fingerprint density at radius 3 is 2.65 bits per heavy atom. The highest BCUT2D eigenvalue weighted by molar-refractivity contribution is 7.91. The number of nitrogens with zero attached hydrogens (tertiary/aromatic N) is 1. The number of hydrogen-bond acceptors (Lipinski definition) is 3. The van der Waals surface area contributed by atoms with E-state index in [1.165, 1.54) is 22.7 Å². The topological polar surface area (TPSA) is 49.4 Å². The summed E-state index contributed by atoms with van der Waals surface area (Å²) in [5.41, 5.74) is 0. The first-order valence-corrected chi connectivity index (χ1v) is 9.03. The van der Waals surface area contributed by atoms with Gasteiger partial charge in [0.05, 0.1) is 5.02 Å². The van der Waals surface area contributed by atoms with Crippen LogP contribution >= 0.6 is 22.9 Å². The first kappa shape index (κ1) is 15.6. The molecule has 0 fully saturated rings. The summed E-state index contributed by atoms with van der Waals surface area (Å²) >= 11 is 7.77.